The van der Waals surface area contributed by atoms with Crippen LogP contribution in [0.1, 0.15) is 15.4 Å². The lowest BCUT2D eigenvalue weighted by Gasteiger charge is -2.17. The van der Waals surface area contributed by atoms with Crippen molar-refractivity contribution in [1.82, 2.24) is 15.1 Å². The zero-order chi connectivity index (χ0) is 13.9. The van der Waals surface area contributed by atoms with Crippen LogP contribution in [-0.4, -0.2) is 41.2 Å². The van der Waals surface area contributed by atoms with Crippen molar-refractivity contribution < 1.29 is 9.53 Å². The first kappa shape index (κ1) is 12.9. The molecule has 0 fully saturated rings. The second kappa shape index (κ2) is 5.46. The van der Waals surface area contributed by atoms with Crippen molar-refractivity contribution >= 4 is 22.4 Å². The molecule has 0 bridgehead atoms. The van der Waals surface area contributed by atoms with E-state index in [0.717, 1.165) is 10.1 Å². The van der Waals surface area contributed by atoms with Crippen LogP contribution in [0.15, 0.2) is 24.3 Å². The molecule has 1 aromatic heterocycles. The van der Waals surface area contributed by atoms with E-state index in [2.05, 4.69) is 15.5 Å². The van der Waals surface area contributed by atoms with Crippen LogP contribution in [0.3, 0.4) is 0 Å². The van der Waals surface area contributed by atoms with Crippen molar-refractivity contribution in [2.75, 3.05) is 25.5 Å². The summed E-state index contributed by atoms with van der Waals surface area (Å²) in [5, 5.41) is 12.6. The van der Waals surface area contributed by atoms with E-state index in [1.807, 2.05) is 18.2 Å². The molecule has 1 aromatic carbocycles. The van der Waals surface area contributed by atoms with Crippen molar-refractivity contribution in [1.29, 1.82) is 0 Å². The Hall–Kier alpha value is -2.15. The molecule has 1 amide bonds. The van der Waals surface area contributed by atoms with Gasteiger partial charge in [-0.2, -0.15) is 0 Å². The first-order valence-corrected chi connectivity index (χ1v) is 7.11. The number of hydrogen-bond acceptors (Lipinski definition) is 6. The molecule has 0 atom stereocenters. The highest BCUT2D eigenvalue weighted by atomic mass is 32.1. The summed E-state index contributed by atoms with van der Waals surface area (Å²) in [5.74, 6) is 0.618. The number of ether oxygens (including phenoxy) is 1. The van der Waals surface area contributed by atoms with Gasteiger partial charge in [0.25, 0.3) is 5.91 Å². The lowest BCUT2D eigenvalue weighted by molar-refractivity contribution is 0.0742. The van der Waals surface area contributed by atoms with Crippen LogP contribution in [-0.2, 0) is 6.54 Å². The maximum atomic E-state index is 12.5. The topological polar surface area (TPSA) is 67.3 Å². The highest BCUT2D eigenvalue weighted by Crippen LogP contribution is 2.24. The van der Waals surface area contributed by atoms with E-state index < -0.39 is 0 Å². The fraction of sp³-hybridized carbons (Fsp3) is 0.308. The van der Waals surface area contributed by atoms with Crippen molar-refractivity contribution in [3.63, 3.8) is 0 Å². The molecule has 1 aliphatic heterocycles. The van der Waals surface area contributed by atoms with Crippen molar-refractivity contribution in [3.8, 4) is 5.75 Å². The van der Waals surface area contributed by atoms with Gasteiger partial charge in [-0.15, -0.1) is 10.2 Å². The summed E-state index contributed by atoms with van der Waals surface area (Å²) in [5.41, 5.74) is 0.600. The number of benzene rings is 1. The molecule has 0 unspecified atom stereocenters. The van der Waals surface area contributed by atoms with Crippen LogP contribution in [0.25, 0.3) is 0 Å². The van der Waals surface area contributed by atoms with Gasteiger partial charge in [0.05, 0.1) is 18.7 Å². The molecule has 1 N–H and O–H groups in total. The molecule has 6 nitrogen and oxygen atoms in total. The Labute approximate surface area is 120 Å². The Bertz CT molecular complexity index is 628. The molecule has 0 spiro atoms. The maximum Gasteiger partial charge on any atom is 0.258 e. The number of nitrogens with one attached hydrogen (secondary N) is 1. The largest absolute Gasteiger partial charge is 0.491 e. The first-order chi connectivity index (χ1) is 9.78. The predicted molar refractivity (Wildman–Crippen MR) is 76.1 cm³/mol. The maximum absolute atomic E-state index is 12.5. The number of carbonyl (C=O) groups excluding carboxylic acids is 1. The summed E-state index contributed by atoms with van der Waals surface area (Å²) in [6.07, 6.45) is 0. The monoisotopic (exact) mass is 290 g/mol. The minimum Gasteiger partial charge on any atom is -0.491 e. The van der Waals surface area contributed by atoms with Gasteiger partial charge in [-0.3, -0.25) is 4.79 Å². The summed E-state index contributed by atoms with van der Waals surface area (Å²) in [6, 6.07) is 7.31. The second-order valence-corrected chi connectivity index (χ2v) is 5.38. The highest BCUT2D eigenvalue weighted by molar-refractivity contribution is 7.15. The summed E-state index contributed by atoms with van der Waals surface area (Å²) < 4.78 is 5.61. The van der Waals surface area contributed by atoms with Crippen molar-refractivity contribution in [2.24, 2.45) is 0 Å². The third kappa shape index (κ3) is 2.44. The van der Waals surface area contributed by atoms with Gasteiger partial charge in [0, 0.05) is 7.05 Å². The minimum atomic E-state index is -0.0284. The molecule has 0 aliphatic carbocycles. The number of aromatic nitrogens is 2. The van der Waals surface area contributed by atoms with Gasteiger partial charge in [-0.25, -0.2) is 0 Å². The average Bonchev–Trinajstić information content (AvgIpc) is 2.87. The molecule has 0 saturated carbocycles. The number of para-hydroxylation sites is 1. The Morgan fingerprint density at radius 1 is 1.40 bits per heavy atom. The van der Waals surface area contributed by atoms with Crippen molar-refractivity contribution in [3.05, 3.63) is 34.8 Å². The zero-order valence-corrected chi connectivity index (χ0v) is 11.8. The molecule has 2 heterocycles. The zero-order valence-electron chi connectivity index (χ0n) is 11.0. The van der Waals surface area contributed by atoms with Gasteiger partial charge in [-0.1, -0.05) is 23.5 Å². The SMILES string of the molecule is CNc1nnc(CN2CCOc3ccccc3C2=O)s1. The van der Waals surface area contributed by atoms with Gasteiger partial charge < -0.3 is 15.0 Å². The van der Waals surface area contributed by atoms with E-state index >= 15 is 0 Å². The van der Waals surface area contributed by atoms with E-state index in [1.54, 1.807) is 18.0 Å². The third-order valence-electron chi connectivity index (χ3n) is 3.03. The number of amides is 1. The van der Waals surface area contributed by atoms with E-state index in [-0.39, 0.29) is 5.91 Å². The number of hydrogen-bond donors (Lipinski definition) is 1. The Balaban J connectivity index is 1.82. The fourth-order valence-electron chi connectivity index (χ4n) is 2.04. The molecule has 0 radical (unpaired) electrons. The number of nitrogens with zero attached hydrogens (tertiary/aromatic N) is 3. The van der Waals surface area contributed by atoms with Crippen LogP contribution in [0.2, 0.25) is 0 Å². The number of rotatable bonds is 3. The molecule has 0 saturated heterocycles. The number of carbonyl (C=O) groups is 1. The van der Waals surface area contributed by atoms with Crippen LogP contribution in [0.5, 0.6) is 5.75 Å². The fourth-order valence-corrected chi connectivity index (χ4v) is 2.75. The number of anilines is 1. The van der Waals surface area contributed by atoms with Crippen LogP contribution >= 0.6 is 11.3 Å². The summed E-state index contributed by atoms with van der Waals surface area (Å²) >= 11 is 1.45. The Morgan fingerprint density at radius 3 is 3.05 bits per heavy atom. The van der Waals surface area contributed by atoms with Gasteiger partial charge in [0.2, 0.25) is 5.13 Å². The van der Waals surface area contributed by atoms with Gasteiger partial charge >= 0.3 is 0 Å². The third-order valence-corrected chi connectivity index (χ3v) is 3.96. The molecule has 104 valence electrons. The molecular formula is C13H14N4O2S. The number of fused-ring (bicyclic) bond motifs is 1. The molecule has 1 aliphatic rings. The lowest BCUT2D eigenvalue weighted by atomic mass is 10.2. The van der Waals surface area contributed by atoms with E-state index in [4.69, 9.17) is 4.74 Å². The van der Waals surface area contributed by atoms with Gasteiger partial charge in [-0.05, 0) is 12.1 Å². The van der Waals surface area contributed by atoms with E-state index in [0.29, 0.717) is 31.0 Å². The summed E-state index contributed by atoms with van der Waals surface area (Å²) in [7, 11) is 1.80. The Morgan fingerprint density at radius 2 is 2.25 bits per heavy atom. The summed E-state index contributed by atoms with van der Waals surface area (Å²) in [4.78, 5) is 14.2. The van der Waals surface area contributed by atoms with E-state index in [1.165, 1.54) is 11.3 Å². The standard InChI is InChI=1S/C13H14N4O2S/c1-14-13-16-15-11(20-13)8-17-6-7-19-10-5-3-2-4-9(10)12(17)18/h2-5H,6-8H2,1H3,(H,14,16). The molecule has 2 aromatic rings. The summed E-state index contributed by atoms with van der Waals surface area (Å²) in [6.45, 7) is 1.48. The molecule has 3 rings (SSSR count). The van der Waals surface area contributed by atoms with Crippen LogP contribution < -0.4 is 10.1 Å². The smallest absolute Gasteiger partial charge is 0.258 e. The van der Waals surface area contributed by atoms with Crippen molar-refractivity contribution in [2.45, 2.75) is 6.54 Å². The Kier molecular flexibility index (Phi) is 3.51. The molecule has 7 heteroatoms. The highest BCUT2D eigenvalue weighted by Gasteiger charge is 2.24. The minimum absolute atomic E-state index is 0.0284. The molecule has 20 heavy (non-hydrogen) atoms. The van der Waals surface area contributed by atoms with Gasteiger partial charge in [0.15, 0.2) is 0 Å². The quantitative estimate of drug-likeness (QED) is 0.930. The van der Waals surface area contributed by atoms with E-state index in [9.17, 15) is 4.79 Å². The molecular weight excluding hydrogens is 276 g/mol. The average molecular weight is 290 g/mol. The van der Waals surface area contributed by atoms with Crippen LogP contribution in [0, 0.1) is 0 Å². The van der Waals surface area contributed by atoms with Crippen LogP contribution in [0.4, 0.5) is 5.13 Å². The van der Waals surface area contributed by atoms with Gasteiger partial charge in [0.1, 0.15) is 17.4 Å². The second-order valence-electron chi connectivity index (χ2n) is 4.32. The normalized spacial score (nSPS) is 14.4. The predicted octanol–water partition coefficient (Wildman–Crippen LogP) is 1.61. The lowest BCUT2D eigenvalue weighted by Crippen LogP contribution is -2.31. The first-order valence-electron chi connectivity index (χ1n) is 6.29.